The van der Waals surface area contributed by atoms with Crippen LogP contribution in [-0.2, 0) is 12.3 Å². The molecule has 102 valence electrons. The second-order valence-electron chi connectivity index (χ2n) is 5.98. The number of likely N-dealkylation sites (tertiary alicyclic amines) is 1. The molecule has 1 saturated heterocycles. The topological polar surface area (TPSA) is 16.1 Å². The fraction of sp³-hybridized carbons (Fsp3) is 0.786. The van der Waals surface area contributed by atoms with Crippen molar-refractivity contribution in [3.8, 4) is 0 Å². The monoisotopic (exact) mass is 286 g/mol. The lowest BCUT2D eigenvalue weighted by Gasteiger charge is -2.36. The van der Waals surface area contributed by atoms with Gasteiger partial charge in [0, 0.05) is 11.8 Å². The minimum Gasteiger partial charge on any atom is -0.303 e. The minimum atomic E-state index is 0.539. The Morgan fingerprint density at radius 2 is 2.11 bits per heavy atom. The van der Waals surface area contributed by atoms with Crippen molar-refractivity contribution in [3.05, 3.63) is 16.1 Å². The second kappa shape index (κ2) is 6.36. The number of nitrogens with zero attached hydrogens (tertiary/aromatic N) is 2. The van der Waals surface area contributed by atoms with Crippen LogP contribution >= 0.6 is 22.9 Å². The lowest BCUT2D eigenvalue weighted by Crippen LogP contribution is -2.37. The molecule has 0 aliphatic carbocycles. The summed E-state index contributed by atoms with van der Waals surface area (Å²) in [4.78, 5) is 7.10. The molecule has 2 heterocycles. The van der Waals surface area contributed by atoms with Gasteiger partial charge in [-0.1, -0.05) is 13.8 Å². The van der Waals surface area contributed by atoms with Crippen LogP contribution in [0.3, 0.4) is 0 Å². The Bertz CT molecular complexity index is 366. The summed E-state index contributed by atoms with van der Waals surface area (Å²) in [7, 11) is 0. The van der Waals surface area contributed by atoms with Crippen LogP contribution in [0.15, 0.2) is 5.38 Å². The van der Waals surface area contributed by atoms with Crippen LogP contribution in [0.25, 0.3) is 0 Å². The lowest BCUT2D eigenvalue weighted by atomic mass is 9.82. The molecule has 1 aliphatic heterocycles. The average Bonchev–Trinajstić information content (AvgIpc) is 2.79. The fourth-order valence-corrected chi connectivity index (χ4v) is 3.43. The molecule has 0 spiro atoms. The average molecular weight is 287 g/mol. The van der Waals surface area contributed by atoms with Crippen molar-refractivity contribution in [1.82, 2.24) is 9.88 Å². The Morgan fingerprint density at radius 1 is 1.39 bits per heavy atom. The van der Waals surface area contributed by atoms with Gasteiger partial charge in [0.25, 0.3) is 0 Å². The summed E-state index contributed by atoms with van der Waals surface area (Å²) in [6.07, 6.45) is 4.98. The normalized spacial score (nSPS) is 20.2. The van der Waals surface area contributed by atoms with Gasteiger partial charge in [-0.2, -0.15) is 0 Å². The van der Waals surface area contributed by atoms with Crippen molar-refractivity contribution < 1.29 is 0 Å². The highest BCUT2D eigenvalue weighted by atomic mass is 35.5. The summed E-state index contributed by atoms with van der Waals surface area (Å²) in [5.41, 5.74) is 1.58. The Labute approximate surface area is 119 Å². The predicted octanol–water partition coefficient (Wildman–Crippen LogP) is 3.94. The molecule has 4 heteroatoms. The molecule has 0 atom stereocenters. The molecule has 1 aromatic heterocycles. The Morgan fingerprint density at radius 3 is 2.72 bits per heavy atom. The van der Waals surface area contributed by atoms with Crippen LogP contribution in [0.5, 0.6) is 0 Å². The van der Waals surface area contributed by atoms with Gasteiger partial charge in [-0.05, 0) is 44.3 Å². The van der Waals surface area contributed by atoms with Crippen molar-refractivity contribution in [2.24, 2.45) is 5.41 Å². The molecule has 1 aromatic rings. The van der Waals surface area contributed by atoms with E-state index in [4.69, 9.17) is 11.6 Å². The zero-order chi connectivity index (χ0) is 13.0. The number of aromatic nitrogens is 1. The summed E-state index contributed by atoms with van der Waals surface area (Å²) in [5.74, 6) is 0.539. The van der Waals surface area contributed by atoms with Gasteiger partial charge in [0.2, 0.25) is 0 Å². The summed E-state index contributed by atoms with van der Waals surface area (Å²) >= 11 is 7.51. The number of thiazole rings is 1. The first kappa shape index (κ1) is 14.3. The van der Waals surface area contributed by atoms with Gasteiger partial charge in [-0.3, -0.25) is 0 Å². The smallest absolute Gasteiger partial charge is 0.0929 e. The molecule has 1 fully saturated rings. The standard InChI is InChI=1S/C14H23ClN2S/c1-14(2)5-8-17(9-6-14)7-3-4-13-16-12(10-15)11-18-13/h11H,3-10H2,1-2H3. The number of halogens is 1. The number of aryl methyl sites for hydroxylation is 1. The Kier molecular flexibility index (Phi) is 5.05. The molecule has 2 nitrogen and oxygen atoms in total. The summed E-state index contributed by atoms with van der Waals surface area (Å²) < 4.78 is 0. The molecule has 0 bridgehead atoms. The van der Waals surface area contributed by atoms with Crippen LogP contribution in [0.4, 0.5) is 0 Å². The van der Waals surface area contributed by atoms with Crippen molar-refractivity contribution in [1.29, 1.82) is 0 Å². The van der Waals surface area contributed by atoms with E-state index in [1.807, 2.05) is 0 Å². The molecule has 0 saturated carbocycles. The second-order valence-corrected chi connectivity index (χ2v) is 7.19. The maximum atomic E-state index is 5.76. The maximum Gasteiger partial charge on any atom is 0.0929 e. The quantitative estimate of drug-likeness (QED) is 0.762. The van der Waals surface area contributed by atoms with E-state index in [9.17, 15) is 0 Å². The van der Waals surface area contributed by atoms with Crippen LogP contribution in [-0.4, -0.2) is 29.5 Å². The first-order valence-corrected chi connectivity index (χ1v) is 8.22. The van der Waals surface area contributed by atoms with E-state index < -0.39 is 0 Å². The minimum absolute atomic E-state index is 0.539. The number of rotatable bonds is 5. The van der Waals surface area contributed by atoms with E-state index in [0.717, 1.165) is 12.1 Å². The number of hydrogen-bond donors (Lipinski definition) is 0. The van der Waals surface area contributed by atoms with Crippen LogP contribution in [0, 0.1) is 5.41 Å². The van der Waals surface area contributed by atoms with E-state index in [-0.39, 0.29) is 0 Å². The highest BCUT2D eigenvalue weighted by Crippen LogP contribution is 2.29. The van der Waals surface area contributed by atoms with Gasteiger partial charge in [0.15, 0.2) is 0 Å². The molecule has 0 unspecified atom stereocenters. The molecule has 1 aliphatic rings. The van der Waals surface area contributed by atoms with E-state index >= 15 is 0 Å². The summed E-state index contributed by atoms with van der Waals surface area (Å²) in [6, 6.07) is 0. The largest absolute Gasteiger partial charge is 0.303 e. The summed E-state index contributed by atoms with van der Waals surface area (Å²) in [5, 5.41) is 3.31. The third-order valence-electron chi connectivity index (χ3n) is 3.81. The molecule has 0 N–H and O–H groups in total. The zero-order valence-corrected chi connectivity index (χ0v) is 13.0. The van der Waals surface area contributed by atoms with Gasteiger partial charge >= 0.3 is 0 Å². The maximum absolute atomic E-state index is 5.76. The molecular formula is C14H23ClN2S. The van der Waals surface area contributed by atoms with Gasteiger partial charge in [0.05, 0.1) is 16.6 Å². The van der Waals surface area contributed by atoms with Crippen LogP contribution < -0.4 is 0 Å². The fourth-order valence-electron chi connectivity index (χ4n) is 2.36. The van der Waals surface area contributed by atoms with E-state index in [2.05, 4.69) is 29.1 Å². The van der Waals surface area contributed by atoms with Crippen LogP contribution in [0.1, 0.15) is 43.8 Å². The van der Waals surface area contributed by atoms with E-state index in [0.29, 0.717) is 11.3 Å². The summed E-state index contributed by atoms with van der Waals surface area (Å²) in [6.45, 7) is 8.50. The van der Waals surface area contributed by atoms with Gasteiger partial charge in [0.1, 0.15) is 0 Å². The number of hydrogen-bond acceptors (Lipinski definition) is 3. The van der Waals surface area contributed by atoms with Crippen molar-refractivity contribution in [2.75, 3.05) is 19.6 Å². The van der Waals surface area contributed by atoms with E-state index in [1.165, 1.54) is 43.9 Å². The highest BCUT2D eigenvalue weighted by Gasteiger charge is 2.24. The molecular weight excluding hydrogens is 264 g/mol. The van der Waals surface area contributed by atoms with Gasteiger partial charge in [-0.15, -0.1) is 22.9 Å². The van der Waals surface area contributed by atoms with E-state index in [1.54, 1.807) is 11.3 Å². The molecule has 2 rings (SSSR count). The molecule has 0 aromatic carbocycles. The predicted molar refractivity (Wildman–Crippen MR) is 79.4 cm³/mol. The SMILES string of the molecule is CC1(C)CCN(CCCc2nc(CCl)cs2)CC1. The number of alkyl halides is 1. The first-order chi connectivity index (χ1) is 8.59. The third-order valence-corrected chi connectivity index (χ3v) is 5.04. The molecule has 0 amide bonds. The lowest BCUT2D eigenvalue weighted by molar-refractivity contribution is 0.132. The van der Waals surface area contributed by atoms with Crippen molar-refractivity contribution in [3.63, 3.8) is 0 Å². The number of piperidine rings is 1. The van der Waals surface area contributed by atoms with Gasteiger partial charge in [-0.25, -0.2) is 4.98 Å². The Hall–Kier alpha value is -0.120. The Balaban J connectivity index is 1.67. The first-order valence-electron chi connectivity index (χ1n) is 6.81. The molecule has 18 heavy (non-hydrogen) atoms. The zero-order valence-electron chi connectivity index (χ0n) is 11.4. The van der Waals surface area contributed by atoms with Crippen LogP contribution in [0.2, 0.25) is 0 Å². The van der Waals surface area contributed by atoms with Crippen molar-refractivity contribution >= 4 is 22.9 Å². The highest BCUT2D eigenvalue weighted by molar-refractivity contribution is 7.09. The van der Waals surface area contributed by atoms with Gasteiger partial charge < -0.3 is 4.90 Å². The third kappa shape index (κ3) is 4.22. The van der Waals surface area contributed by atoms with Crippen molar-refractivity contribution in [2.45, 2.75) is 45.4 Å². The molecule has 0 radical (unpaired) electrons.